The zero-order chi connectivity index (χ0) is 23.8. The second-order valence-corrected chi connectivity index (χ2v) is 8.77. The third-order valence-corrected chi connectivity index (χ3v) is 6.51. The molecule has 3 aromatic heterocycles. The van der Waals surface area contributed by atoms with Crippen molar-refractivity contribution < 1.29 is 0 Å². The Balaban J connectivity index is 1.46. The molecule has 1 aliphatic heterocycles. The van der Waals surface area contributed by atoms with Gasteiger partial charge in [0.2, 0.25) is 5.95 Å². The standard InChI is InChI=1S/C26H22ClN7O/c27-19-6-8-21(9-7-19)33-25(35)23-18-29-34(22-4-2-1-3-5-22)24(23)30-26(33)32-16-14-31(15-17-32)20-10-12-28-13-11-20/h1-13,18H,14-17H2. The molecule has 0 aliphatic carbocycles. The molecule has 2 aromatic carbocycles. The summed E-state index contributed by atoms with van der Waals surface area (Å²) in [5.74, 6) is 0.594. The van der Waals surface area contributed by atoms with E-state index in [1.54, 1.807) is 40.0 Å². The predicted octanol–water partition coefficient (Wildman–Crippen LogP) is 3.95. The molecule has 0 N–H and O–H groups in total. The molecule has 0 bridgehead atoms. The summed E-state index contributed by atoms with van der Waals surface area (Å²) in [5, 5.41) is 5.57. The molecule has 6 rings (SSSR count). The van der Waals surface area contributed by atoms with Crippen molar-refractivity contribution in [1.29, 1.82) is 0 Å². The number of pyridine rings is 1. The van der Waals surface area contributed by atoms with Gasteiger partial charge in [0.1, 0.15) is 5.39 Å². The van der Waals surface area contributed by atoms with Crippen LogP contribution in [0.15, 0.2) is 90.1 Å². The van der Waals surface area contributed by atoms with E-state index in [0.29, 0.717) is 40.8 Å². The lowest BCUT2D eigenvalue weighted by molar-refractivity contribution is 0.631. The van der Waals surface area contributed by atoms with E-state index in [1.807, 2.05) is 54.6 Å². The number of aromatic nitrogens is 5. The van der Waals surface area contributed by atoms with Crippen LogP contribution in [-0.2, 0) is 0 Å². The van der Waals surface area contributed by atoms with E-state index in [4.69, 9.17) is 16.6 Å². The molecular formula is C26H22ClN7O. The SMILES string of the molecule is O=c1c2cnn(-c3ccccc3)c2nc(N2CCN(c3ccncc3)CC2)n1-c1ccc(Cl)cc1. The number of hydrogen-bond acceptors (Lipinski definition) is 6. The van der Waals surface area contributed by atoms with Gasteiger partial charge in [0.05, 0.1) is 17.6 Å². The Morgan fingerprint density at radius 2 is 1.43 bits per heavy atom. The van der Waals surface area contributed by atoms with Crippen molar-refractivity contribution in [2.45, 2.75) is 0 Å². The number of fused-ring (bicyclic) bond motifs is 1. The van der Waals surface area contributed by atoms with E-state index in [2.05, 4.69) is 19.9 Å². The molecule has 9 heteroatoms. The van der Waals surface area contributed by atoms with Gasteiger partial charge in [-0.1, -0.05) is 29.8 Å². The Labute approximate surface area is 206 Å². The highest BCUT2D eigenvalue weighted by atomic mass is 35.5. The molecule has 0 unspecified atom stereocenters. The van der Waals surface area contributed by atoms with Crippen molar-refractivity contribution in [3.63, 3.8) is 0 Å². The minimum absolute atomic E-state index is 0.161. The van der Waals surface area contributed by atoms with Gasteiger partial charge in [-0.05, 0) is 48.5 Å². The van der Waals surface area contributed by atoms with Gasteiger partial charge in [-0.15, -0.1) is 0 Å². The largest absolute Gasteiger partial charge is 0.368 e. The van der Waals surface area contributed by atoms with Gasteiger partial charge in [-0.25, -0.2) is 9.25 Å². The Morgan fingerprint density at radius 3 is 2.14 bits per heavy atom. The average Bonchev–Trinajstić information content (AvgIpc) is 3.35. The van der Waals surface area contributed by atoms with E-state index < -0.39 is 0 Å². The summed E-state index contributed by atoms with van der Waals surface area (Å²) >= 11 is 6.13. The second-order valence-electron chi connectivity index (χ2n) is 8.34. The third-order valence-electron chi connectivity index (χ3n) is 6.26. The van der Waals surface area contributed by atoms with E-state index in [0.717, 1.165) is 24.5 Å². The molecule has 5 aromatic rings. The summed E-state index contributed by atoms with van der Waals surface area (Å²) in [4.78, 5) is 27.4. The Kier molecular flexibility index (Phi) is 5.42. The summed E-state index contributed by atoms with van der Waals surface area (Å²) in [7, 11) is 0. The molecule has 1 fully saturated rings. The van der Waals surface area contributed by atoms with Gasteiger partial charge in [0, 0.05) is 49.3 Å². The Morgan fingerprint density at radius 1 is 0.743 bits per heavy atom. The molecule has 0 spiro atoms. The fourth-order valence-electron chi connectivity index (χ4n) is 4.47. The lowest BCUT2D eigenvalue weighted by Crippen LogP contribution is -2.48. The lowest BCUT2D eigenvalue weighted by Gasteiger charge is -2.37. The molecular weight excluding hydrogens is 462 g/mol. The van der Waals surface area contributed by atoms with Crippen molar-refractivity contribution in [2.75, 3.05) is 36.0 Å². The van der Waals surface area contributed by atoms with Gasteiger partial charge >= 0.3 is 0 Å². The Hall–Kier alpha value is -4.17. The van der Waals surface area contributed by atoms with E-state index in [1.165, 1.54) is 0 Å². The van der Waals surface area contributed by atoms with Gasteiger partial charge in [-0.2, -0.15) is 10.1 Å². The number of para-hydroxylation sites is 1. The first-order valence-corrected chi connectivity index (χ1v) is 11.8. The number of hydrogen-bond donors (Lipinski definition) is 0. The maximum Gasteiger partial charge on any atom is 0.270 e. The zero-order valence-electron chi connectivity index (χ0n) is 18.8. The van der Waals surface area contributed by atoms with Crippen LogP contribution in [0.2, 0.25) is 5.02 Å². The van der Waals surface area contributed by atoms with Crippen molar-refractivity contribution in [3.8, 4) is 11.4 Å². The van der Waals surface area contributed by atoms with Gasteiger partial charge in [-0.3, -0.25) is 9.78 Å². The number of halogens is 1. The zero-order valence-corrected chi connectivity index (χ0v) is 19.6. The lowest BCUT2D eigenvalue weighted by atomic mass is 10.2. The van der Waals surface area contributed by atoms with Crippen molar-refractivity contribution in [3.05, 3.63) is 101 Å². The molecule has 35 heavy (non-hydrogen) atoms. The van der Waals surface area contributed by atoms with Crippen LogP contribution in [-0.4, -0.2) is 50.5 Å². The van der Waals surface area contributed by atoms with Crippen LogP contribution in [0.4, 0.5) is 11.6 Å². The molecule has 4 heterocycles. The molecule has 0 saturated carbocycles. The number of piperazine rings is 1. The number of rotatable bonds is 4. The van der Waals surface area contributed by atoms with Crippen molar-refractivity contribution in [1.82, 2.24) is 24.3 Å². The van der Waals surface area contributed by atoms with Gasteiger partial charge in [0.25, 0.3) is 5.56 Å². The summed E-state index contributed by atoms with van der Waals surface area (Å²) in [5.41, 5.74) is 3.09. The molecule has 1 saturated heterocycles. The predicted molar refractivity (Wildman–Crippen MR) is 138 cm³/mol. The van der Waals surface area contributed by atoms with Crippen LogP contribution < -0.4 is 15.4 Å². The van der Waals surface area contributed by atoms with E-state index in [9.17, 15) is 4.79 Å². The van der Waals surface area contributed by atoms with Crippen LogP contribution in [0.3, 0.4) is 0 Å². The van der Waals surface area contributed by atoms with E-state index in [-0.39, 0.29) is 5.56 Å². The molecule has 174 valence electrons. The topological polar surface area (TPSA) is 72.1 Å². The summed E-state index contributed by atoms with van der Waals surface area (Å²) < 4.78 is 3.39. The van der Waals surface area contributed by atoms with Crippen LogP contribution in [0.1, 0.15) is 0 Å². The minimum Gasteiger partial charge on any atom is -0.368 e. The summed E-state index contributed by atoms with van der Waals surface area (Å²) in [6.45, 7) is 3.04. The average molecular weight is 484 g/mol. The molecule has 0 radical (unpaired) electrons. The third kappa shape index (κ3) is 3.91. The Bertz CT molecular complexity index is 1520. The summed E-state index contributed by atoms with van der Waals surface area (Å²) in [6, 6.07) is 21.0. The fourth-order valence-corrected chi connectivity index (χ4v) is 4.60. The maximum absolute atomic E-state index is 13.8. The smallest absolute Gasteiger partial charge is 0.270 e. The van der Waals surface area contributed by atoms with Crippen LogP contribution >= 0.6 is 11.6 Å². The first-order chi connectivity index (χ1) is 17.2. The quantitative estimate of drug-likeness (QED) is 0.385. The number of nitrogens with zero attached hydrogens (tertiary/aromatic N) is 7. The summed E-state index contributed by atoms with van der Waals surface area (Å²) in [6.07, 6.45) is 5.20. The van der Waals surface area contributed by atoms with Crippen LogP contribution in [0, 0.1) is 0 Å². The highest BCUT2D eigenvalue weighted by Crippen LogP contribution is 2.24. The van der Waals surface area contributed by atoms with Crippen LogP contribution in [0.5, 0.6) is 0 Å². The first kappa shape index (κ1) is 21.4. The van der Waals surface area contributed by atoms with Gasteiger partial charge in [0.15, 0.2) is 5.65 Å². The monoisotopic (exact) mass is 483 g/mol. The maximum atomic E-state index is 13.8. The van der Waals surface area contributed by atoms with Gasteiger partial charge < -0.3 is 9.80 Å². The molecule has 0 atom stereocenters. The normalized spacial score (nSPS) is 14.0. The molecule has 1 aliphatic rings. The van der Waals surface area contributed by atoms with Crippen molar-refractivity contribution >= 4 is 34.3 Å². The number of benzene rings is 2. The highest BCUT2D eigenvalue weighted by molar-refractivity contribution is 6.30. The first-order valence-electron chi connectivity index (χ1n) is 11.4. The molecule has 0 amide bonds. The number of anilines is 2. The second kappa shape index (κ2) is 8.88. The fraction of sp³-hybridized carbons (Fsp3) is 0.154. The highest BCUT2D eigenvalue weighted by Gasteiger charge is 2.25. The minimum atomic E-state index is -0.161. The van der Waals surface area contributed by atoms with Crippen molar-refractivity contribution in [2.24, 2.45) is 0 Å². The van der Waals surface area contributed by atoms with E-state index >= 15 is 0 Å². The molecule has 8 nitrogen and oxygen atoms in total. The van der Waals surface area contributed by atoms with Crippen LogP contribution in [0.25, 0.3) is 22.4 Å².